The fourth-order valence-corrected chi connectivity index (χ4v) is 2.88. The smallest absolute Gasteiger partial charge is 0.238 e. The number of halogens is 1. The number of anilines is 1. The van der Waals surface area contributed by atoms with E-state index in [1.54, 1.807) is 18.2 Å². The van der Waals surface area contributed by atoms with Gasteiger partial charge in [0.2, 0.25) is 5.91 Å². The van der Waals surface area contributed by atoms with Crippen molar-refractivity contribution < 1.29 is 9.18 Å². The minimum absolute atomic E-state index is 0.147. The summed E-state index contributed by atoms with van der Waals surface area (Å²) < 4.78 is 13.4. The number of amides is 1. The zero-order valence-electron chi connectivity index (χ0n) is 11.5. The molecule has 1 saturated heterocycles. The number of piperidine rings is 1. The number of hydrogen-bond donors (Lipinski definition) is 1. The van der Waals surface area contributed by atoms with Gasteiger partial charge in [-0.15, -0.1) is 0 Å². The molecule has 1 aromatic carbocycles. The first-order chi connectivity index (χ1) is 9.04. The molecular weight excluding hydrogens is 243 g/mol. The number of benzene rings is 1. The van der Waals surface area contributed by atoms with E-state index in [-0.39, 0.29) is 11.6 Å². The molecule has 0 aliphatic carbocycles. The van der Waals surface area contributed by atoms with Crippen LogP contribution in [0.2, 0.25) is 0 Å². The highest BCUT2D eigenvalue weighted by atomic mass is 19.1. The molecule has 0 spiro atoms. The van der Waals surface area contributed by atoms with Crippen LogP contribution in [0.5, 0.6) is 0 Å². The molecule has 1 fully saturated rings. The molecule has 1 aliphatic rings. The summed E-state index contributed by atoms with van der Waals surface area (Å²) in [6.07, 6.45) is 1.21. The third kappa shape index (κ3) is 4.03. The predicted octanol–water partition coefficient (Wildman–Crippen LogP) is 2.74. The van der Waals surface area contributed by atoms with Crippen molar-refractivity contribution in [3.8, 4) is 0 Å². The van der Waals surface area contributed by atoms with Crippen LogP contribution in [0.1, 0.15) is 20.3 Å². The zero-order chi connectivity index (χ0) is 13.8. The van der Waals surface area contributed by atoms with Crippen molar-refractivity contribution in [1.29, 1.82) is 0 Å². The second-order valence-corrected chi connectivity index (χ2v) is 5.67. The number of hydrogen-bond acceptors (Lipinski definition) is 2. The van der Waals surface area contributed by atoms with Crippen LogP contribution >= 0.6 is 0 Å². The van der Waals surface area contributed by atoms with Crippen LogP contribution < -0.4 is 5.32 Å². The number of rotatable bonds is 3. The summed E-state index contributed by atoms with van der Waals surface area (Å²) >= 11 is 0. The molecule has 19 heavy (non-hydrogen) atoms. The summed E-state index contributed by atoms with van der Waals surface area (Å²) in [7, 11) is 0. The Bertz CT molecular complexity index is 440. The second kappa shape index (κ2) is 6.15. The third-order valence-corrected chi connectivity index (χ3v) is 3.46. The molecule has 1 amide bonds. The average molecular weight is 264 g/mol. The molecule has 104 valence electrons. The lowest BCUT2D eigenvalue weighted by molar-refractivity contribution is -0.117. The fraction of sp³-hybridized carbons (Fsp3) is 0.533. The van der Waals surface area contributed by atoms with Gasteiger partial charge in [-0.05, 0) is 30.4 Å². The fourth-order valence-electron chi connectivity index (χ4n) is 2.88. The maximum Gasteiger partial charge on any atom is 0.238 e. The predicted molar refractivity (Wildman–Crippen MR) is 74.4 cm³/mol. The van der Waals surface area contributed by atoms with Crippen LogP contribution in [0.15, 0.2) is 24.3 Å². The summed E-state index contributed by atoms with van der Waals surface area (Å²) in [6, 6.07) is 6.25. The summed E-state index contributed by atoms with van der Waals surface area (Å²) in [6.45, 7) is 6.63. The van der Waals surface area contributed by atoms with Crippen LogP contribution in [-0.4, -0.2) is 30.4 Å². The minimum Gasteiger partial charge on any atom is -0.322 e. The Morgan fingerprint density at radius 1 is 1.32 bits per heavy atom. The van der Waals surface area contributed by atoms with E-state index >= 15 is 0 Å². The van der Waals surface area contributed by atoms with Crippen molar-refractivity contribution in [1.82, 2.24) is 4.90 Å². The van der Waals surface area contributed by atoms with E-state index in [1.807, 2.05) is 0 Å². The summed E-state index contributed by atoms with van der Waals surface area (Å²) in [5.74, 6) is 0.692. The average Bonchev–Trinajstić information content (AvgIpc) is 2.30. The molecule has 2 rings (SSSR count). The van der Waals surface area contributed by atoms with Crippen LogP contribution in [0.3, 0.4) is 0 Å². The molecule has 0 saturated carbocycles. The molecule has 3 nitrogen and oxygen atoms in total. The van der Waals surface area contributed by atoms with E-state index < -0.39 is 5.82 Å². The number of carbonyl (C=O) groups is 1. The maximum absolute atomic E-state index is 13.4. The van der Waals surface area contributed by atoms with Gasteiger partial charge >= 0.3 is 0 Å². The van der Waals surface area contributed by atoms with E-state index in [0.29, 0.717) is 18.4 Å². The highest BCUT2D eigenvalue weighted by Crippen LogP contribution is 2.20. The molecule has 1 N–H and O–H groups in total. The van der Waals surface area contributed by atoms with Crippen molar-refractivity contribution in [2.75, 3.05) is 25.0 Å². The van der Waals surface area contributed by atoms with Crippen LogP contribution in [0.4, 0.5) is 10.1 Å². The second-order valence-electron chi connectivity index (χ2n) is 5.67. The Balaban J connectivity index is 1.89. The van der Waals surface area contributed by atoms with Gasteiger partial charge in [0.05, 0.1) is 12.2 Å². The van der Waals surface area contributed by atoms with E-state index in [1.165, 1.54) is 12.5 Å². The summed E-state index contributed by atoms with van der Waals surface area (Å²) in [5.41, 5.74) is 0.255. The normalized spacial score (nSPS) is 24.2. The molecule has 1 aromatic rings. The topological polar surface area (TPSA) is 32.3 Å². The summed E-state index contributed by atoms with van der Waals surface area (Å²) in [5, 5.41) is 2.63. The van der Waals surface area contributed by atoms with Gasteiger partial charge in [-0.25, -0.2) is 4.39 Å². The van der Waals surface area contributed by atoms with Crippen molar-refractivity contribution in [2.24, 2.45) is 11.8 Å². The van der Waals surface area contributed by atoms with Crippen LogP contribution in [0.25, 0.3) is 0 Å². The Morgan fingerprint density at radius 3 is 2.58 bits per heavy atom. The van der Waals surface area contributed by atoms with Crippen molar-refractivity contribution in [2.45, 2.75) is 20.3 Å². The molecule has 0 aromatic heterocycles. The van der Waals surface area contributed by atoms with Crippen molar-refractivity contribution in [3.05, 3.63) is 30.1 Å². The lowest BCUT2D eigenvalue weighted by atomic mass is 9.92. The molecule has 2 atom stereocenters. The molecule has 0 bridgehead atoms. The highest BCUT2D eigenvalue weighted by Gasteiger charge is 2.23. The Labute approximate surface area is 113 Å². The summed E-state index contributed by atoms with van der Waals surface area (Å²) in [4.78, 5) is 14.1. The van der Waals surface area contributed by atoms with Gasteiger partial charge in [0.15, 0.2) is 0 Å². The monoisotopic (exact) mass is 264 g/mol. The van der Waals surface area contributed by atoms with E-state index in [9.17, 15) is 9.18 Å². The quantitative estimate of drug-likeness (QED) is 0.910. The van der Waals surface area contributed by atoms with Crippen molar-refractivity contribution in [3.63, 3.8) is 0 Å². The Hall–Kier alpha value is -1.42. The van der Waals surface area contributed by atoms with E-state index in [4.69, 9.17) is 0 Å². The Kier molecular flexibility index (Phi) is 4.53. The zero-order valence-corrected chi connectivity index (χ0v) is 11.5. The van der Waals surface area contributed by atoms with Gasteiger partial charge in [0.1, 0.15) is 5.82 Å². The van der Waals surface area contributed by atoms with Crippen LogP contribution in [-0.2, 0) is 4.79 Å². The van der Waals surface area contributed by atoms with Gasteiger partial charge < -0.3 is 5.32 Å². The van der Waals surface area contributed by atoms with Gasteiger partial charge in [-0.1, -0.05) is 26.0 Å². The first-order valence-electron chi connectivity index (χ1n) is 6.81. The van der Waals surface area contributed by atoms with Gasteiger partial charge in [0, 0.05) is 13.1 Å². The molecule has 4 heteroatoms. The van der Waals surface area contributed by atoms with E-state index in [2.05, 4.69) is 24.1 Å². The molecule has 0 radical (unpaired) electrons. The SMILES string of the molecule is C[C@@H]1C[C@H](C)CN(CC(=O)Nc2ccccc2F)C1. The number of likely N-dealkylation sites (tertiary alicyclic amines) is 1. The third-order valence-electron chi connectivity index (χ3n) is 3.46. The maximum atomic E-state index is 13.4. The molecule has 1 heterocycles. The first-order valence-corrected chi connectivity index (χ1v) is 6.81. The standard InChI is InChI=1S/C15H21FN2O/c1-11-7-12(2)9-18(8-11)10-15(19)17-14-6-4-3-5-13(14)16/h3-6,11-12H,7-10H2,1-2H3,(H,17,19)/t11-,12+. The number of para-hydroxylation sites is 1. The first kappa shape index (κ1) is 14.0. The number of nitrogens with zero attached hydrogens (tertiary/aromatic N) is 1. The van der Waals surface area contributed by atoms with Gasteiger partial charge in [0.25, 0.3) is 0 Å². The van der Waals surface area contributed by atoms with Crippen LogP contribution in [0, 0.1) is 17.7 Å². The van der Waals surface area contributed by atoms with E-state index in [0.717, 1.165) is 13.1 Å². The largest absolute Gasteiger partial charge is 0.322 e. The minimum atomic E-state index is -0.392. The highest BCUT2D eigenvalue weighted by molar-refractivity contribution is 5.92. The Morgan fingerprint density at radius 2 is 1.95 bits per heavy atom. The lowest BCUT2D eigenvalue weighted by Crippen LogP contribution is -2.42. The van der Waals surface area contributed by atoms with Crippen molar-refractivity contribution >= 4 is 11.6 Å². The van der Waals surface area contributed by atoms with Gasteiger partial charge in [-0.2, -0.15) is 0 Å². The molecule has 0 unspecified atom stereocenters. The van der Waals surface area contributed by atoms with Gasteiger partial charge in [-0.3, -0.25) is 9.69 Å². The molecular formula is C15H21FN2O. The number of nitrogens with one attached hydrogen (secondary N) is 1. The molecule has 1 aliphatic heterocycles. The lowest BCUT2D eigenvalue weighted by Gasteiger charge is -2.34. The number of carbonyl (C=O) groups excluding carboxylic acids is 1.